The summed E-state index contributed by atoms with van der Waals surface area (Å²) < 4.78 is 37.2. The first-order valence-corrected chi connectivity index (χ1v) is 6.33. The number of rotatable bonds is 2. The van der Waals surface area contributed by atoms with E-state index in [2.05, 4.69) is 0 Å². The van der Waals surface area contributed by atoms with Gasteiger partial charge in [0.2, 0.25) is 0 Å². The molecule has 0 aliphatic rings. The van der Waals surface area contributed by atoms with E-state index in [1.165, 1.54) is 0 Å². The number of ether oxygens (including phenoxy) is 1. The molecule has 2 aromatic rings. The first kappa shape index (κ1) is 18.1. The molecule has 2 aromatic carbocycles. The van der Waals surface area contributed by atoms with E-state index < -0.39 is 10.4 Å². The number of hydrogen-bond donors (Lipinski definition) is 2. The molecule has 5 nitrogen and oxygen atoms in total. The third-order valence-electron chi connectivity index (χ3n) is 1.72. The van der Waals surface area contributed by atoms with E-state index in [0.29, 0.717) is 0 Å². The van der Waals surface area contributed by atoms with Crippen molar-refractivity contribution in [2.45, 2.75) is 0 Å². The zero-order valence-corrected chi connectivity index (χ0v) is 10.1. The summed E-state index contributed by atoms with van der Waals surface area (Å²) >= 11 is 0. The second-order valence-electron chi connectivity index (χ2n) is 3.18. The summed E-state index contributed by atoms with van der Waals surface area (Å²) in [4.78, 5) is 0. The molecule has 2 rings (SSSR count). The predicted octanol–water partition coefficient (Wildman–Crippen LogP) is 2.18. The molecule has 0 bridgehead atoms. The Labute approximate surface area is 134 Å². The van der Waals surface area contributed by atoms with Gasteiger partial charge in [0.1, 0.15) is 11.5 Å². The maximum atomic E-state index is 8.74. The third kappa shape index (κ3) is 10.7. The van der Waals surface area contributed by atoms with E-state index in [9.17, 15) is 0 Å². The van der Waals surface area contributed by atoms with Gasteiger partial charge in [0.15, 0.2) is 0 Å². The standard InChI is InChI=1S/C12H10O.Na.H2O4S.H/c1-3-7-11(8-4-1)13-12-9-5-2-6-10-12;;1-5(2,3)4;/h1-10H;;(H2,1,2,3,4);. The fourth-order valence-corrected chi connectivity index (χ4v) is 1.11. The van der Waals surface area contributed by atoms with E-state index in [4.69, 9.17) is 22.3 Å². The second-order valence-corrected chi connectivity index (χ2v) is 4.07. The molecule has 0 atom stereocenters. The van der Waals surface area contributed by atoms with Crippen LogP contribution in [-0.2, 0) is 10.4 Å². The Balaban J connectivity index is 0.000000471. The van der Waals surface area contributed by atoms with Crippen LogP contribution in [0, 0.1) is 0 Å². The summed E-state index contributed by atoms with van der Waals surface area (Å²) in [6.45, 7) is 0. The van der Waals surface area contributed by atoms with Gasteiger partial charge in [-0.25, -0.2) is 0 Å². The Kier molecular flexibility index (Phi) is 8.66. The molecule has 0 aliphatic carbocycles. The zero-order valence-electron chi connectivity index (χ0n) is 9.30. The molecule has 0 unspecified atom stereocenters. The van der Waals surface area contributed by atoms with E-state index in [0.717, 1.165) is 11.5 Å². The largest absolute Gasteiger partial charge is 0.457 e. The van der Waals surface area contributed by atoms with Gasteiger partial charge in [0.25, 0.3) is 0 Å². The van der Waals surface area contributed by atoms with Crippen LogP contribution in [0.3, 0.4) is 0 Å². The van der Waals surface area contributed by atoms with Gasteiger partial charge in [-0.3, -0.25) is 9.11 Å². The van der Waals surface area contributed by atoms with E-state index in [-0.39, 0.29) is 29.6 Å². The average Bonchev–Trinajstić information content (AvgIpc) is 2.29. The van der Waals surface area contributed by atoms with Gasteiger partial charge in [-0.2, -0.15) is 8.42 Å². The fourth-order valence-electron chi connectivity index (χ4n) is 1.11. The van der Waals surface area contributed by atoms with Crippen molar-refractivity contribution in [2.24, 2.45) is 0 Å². The van der Waals surface area contributed by atoms with Crippen molar-refractivity contribution in [2.75, 3.05) is 0 Å². The maximum absolute atomic E-state index is 8.74. The molecule has 2 N–H and O–H groups in total. The molecule has 0 aromatic heterocycles. The van der Waals surface area contributed by atoms with Gasteiger partial charge in [0.05, 0.1) is 0 Å². The fraction of sp³-hybridized carbons (Fsp3) is 0. The monoisotopic (exact) mass is 292 g/mol. The van der Waals surface area contributed by atoms with Crippen LogP contribution < -0.4 is 4.74 Å². The van der Waals surface area contributed by atoms with Gasteiger partial charge in [-0.05, 0) is 24.3 Å². The molecule has 0 fully saturated rings. The summed E-state index contributed by atoms with van der Waals surface area (Å²) in [7, 11) is -4.67. The topological polar surface area (TPSA) is 83.8 Å². The molecule has 0 spiro atoms. The molecule has 0 radical (unpaired) electrons. The SMILES string of the molecule is O=S(=O)(O)O.[NaH].c1ccc(Oc2ccccc2)cc1. The van der Waals surface area contributed by atoms with Gasteiger partial charge in [0, 0.05) is 0 Å². The van der Waals surface area contributed by atoms with Crippen molar-refractivity contribution in [1.82, 2.24) is 0 Å². The van der Waals surface area contributed by atoms with Crippen LogP contribution in [0.1, 0.15) is 0 Å². The Hall–Kier alpha value is -0.890. The van der Waals surface area contributed by atoms with E-state index in [1.807, 2.05) is 60.7 Å². The van der Waals surface area contributed by atoms with Crippen molar-refractivity contribution < 1.29 is 22.3 Å². The minimum Gasteiger partial charge on any atom is -0.457 e. The predicted molar refractivity (Wildman–Crippen MR) is 74.3 cm³/mol. The molecule has 0 aliphatic heterocycles. The summed E-state index contributed by atoms with van der Waals surface area (Å²) in [6.07, 6.45) is 0. The van der Waals surface area contributed by atoms with E-state index in [1.54, 1.807) is 0 Å². The van der Waals surface area contributed by atoms with Crippen molar-refractivity contribution in [1.29, 1.82) is 0 Å². The van der Waals surface area contributed by atoms with Crippen LogP contribution in [0.2, 0.25) is 0 Å². The molecule has 19 heavy (non-hydrogen) atoms. The van der Waals surface area contributed by atoms with Crippen molar-refractivity contribution in [3.05, 3.63) is 60.7 Å². The molecule has 0 heterocycles. The average molecular weight is 292 g/mol. The van der Waals surface area contributed by atoms with Gasteiger partial charge in [-0.15, -0.1) is 0 Å². The van der Waals surface area contributed by atoms with E-state index >= 15 is 0 Å². The summed E-state index contributed by atoms with van der Waals surface area (Å²) in [5.74, 6) is 1.74. The molecular formula is C12H13NaO5S. The number of hydrogen-bond acceptors (Lipinski definition) is 3. The molecule has 0 saturated heterocycles. The van der Waals surface area contributed by atoms with Gasteiger partial charge < -0.3 is 4.74 Å². The Morgan fingerprint density at radius 1 is 0.737 bits per heavy atom. The first-order valence-electron chi connectivity index (χ1n) is 4.93. The van der Waals surface area contributed by atoms with Crippen molar-refractivity contribution >= 4 is 40.0 Å². The Morgan fingerprint density at radius 3 is 1.26 bits per heavy atom. The Bertz CT molecular complexity index is 512. The van der Waals surface area contributed by atoms with Crippen LogP contribution in [-0.4, -0.2) is 47.1 Å². The van der Waals surface area contributed by atoms with Crippen LogP contribution in [0.5, 0.6) is 11.5 Å². The molecule has 7 heteroatoms. The van der Waals surface area contributed by atoms with Crippen molar-refractivity contribution in [3.8, 4) is 11.5 Å². The van der Waals surface area contributed by atoms with Crippen molar-refractivity contribution in [3.63, 3.8) is 0 Å². The van der Waals surface area contributed by atoms with Crippen LogP contribution >= 0.6 is 0 Å². The summed E-state index contributed by atoms with van der Waals surface area (Å²) in [5.41, 5.74) is 0. The number of para-hydroxylation sites is 2. The Morgan fingerprint density at radius 2 is 1.00 bits per heavy atom. The van der Waals surface area contributed by atoms with Crippen LogP contribution in [0.25, 0.3) is 0 Å². The quantitative estimate of drug-likeness (QED) is 0.654. The number of benzene rings is 2. The smallest absolute Gasteiger partial charge is 0.127 e. The second kappa shape index (κ2) is 9.08. The first-order chi connectivity index (χ1) is 8.45. The van der Waals surface area contributed by atoms with Gasteiger partial charge >= 0.3 is 40.0 Å². The maximum Gasteiger partial charge on any atom is 0.127 e. The minimum atomic E-state index is -4.67. The molecule has 98 valence electrons. The molecular weight excluding hydrogens is 279 g/mol. The summed E-state index contributed by atoms with van der Waals surface area (Å²) in [5, 5.41) is 0. The molecule has 0 saturated carbocycles. The van der Waals surface area contributed by atoms with Gasteiger partial charge in [-0.1, -0.05) is 36.4 Å². The molecule has 0 amide bonds. The zero-order chi connectivity index (χ0) is 13.4. The minimum absolute atomic E-state index is 0. The van der Waals surface area contributed by atoms with Crippen LogP contribution in [0.4, 0.5) is 0 Å². The van der Waals surface area contributed by atoms with Crippen LogP contribution in [0.15, 0.2) is 60.7 Å². The third-order valence-corrected chi connectivity index (χ3v) is 1.72. The normalized spacial score (nSPS) is 9.58. The summed E-state index contributed by atoms with van der Waals surface area (Å²) in [6, 6.07) is 19.5.